The van der Waals surface area contributed by atoms with Crippen LogP contribution in [-0.2, 0) is 6.54 Å². The molecule has 0 saturated heterocycles. The van der Waals surface area contributed by atoms with Crippen molar-refractivity contribution in [1.29, 1.82) is 0 Å². The molecule has 15 heavy (non-hydrogen) atoms. The summed E-state index contributed by atoms with van der Waals surface area (Å²) in [4.78, 5) is 23.6. The number of rotatable bonds is 1. The molecule has 3 rings (SSSR count). The Morgan fingerprint density at radius 2 is 2.27 bits per heavy atom. The van der Waals surface area contributed by atoms with Crippen molar-refractivity contribution in [2.24, 2.45) is 4.99 Å². The van der Waals surface area contributed by atoms with Crippen LogP contribution in [-0.4, -0.2) is 20.2 Å². The lowest BCUT2D eigenvalue weighted by atomic mass is 10.4. The summed E-state index contributed by atoms with van der Waals surface area (Å²) in [5, 5.41) is 2.75. The molecule has 0 radical (unpaired) electrons. The van der Waals surface area contributed by atoms with E-state index < -0.39 is 0 Å². The Morgan fingerprint density at radius 3 is 3.00 bits per heavy atom. The molecular formula is C9H6N4OS. The fraction of sp³-hybridized carbons (Fsp3) is 0.111. The second-order valence-electron chi connectivity index (χ2n) is 3.07. The summed E-state index contributed by atoms with van der Waals surface area (Å²) in [6.07, 6.45) is 3.20. The molecule has 0 spiro atoms. The average Bonchev–Trinajstić information content (AvgIpc) is 2.86. The summed E-state index contributed by atoms with van der Waals surface area (Å²) < 4.78 is 1.54. The van der Waals surface area contributed by atoms with Gasteiger partial charge in [0, 0.05) is 17.8 Å². The van der Waals surface area contributed by atoms with Crippen molar-refractivity contribution in [3.63, 3.8) is 0 Å². The number of nitrogens with zero attached hydrogens (tertiary/aromatic N) is 4. The molecule has 0 atom stereocenters. The smallest absolute Gasteiger partial charge is 0.270 e. The van der Waals surface area contributed by atoms with Crippen LogP contribution >= 0.6 is 11.3 Å². The molecule has 0 bridgehead atoms. The molecule has 5 nitrogen and oxygen atoms in total. The number of aliphatic imine (C=N–C) groups is 1. The zero-order valence-electron chi connectivity index (χ0n) is 7.62. The Morgan fingerprint density at radius 1 is 1.33 bits per heavy atom. The lowest BCUT2D eigenvalue weighted by Crippen LogP contribution is -2.22. The summed E-state index contributed by atoms with van der Waals surface area (Å²) in [7, 11) is 0. The lowest BCUT2D eigenvalue weighted by molar-refractivity contribution is 0.797. The van der Waals surface area contributed by atoms with E-state index in [1.807, 2.05) is 5.38 Å². The van der Waals surface area contributed by atoms with Crippen LogP contribution in [0.2, 0.25) is 0 Å². The van der Waals surface area contributed by atoms with Gasteiger partial charge in [0.05, 0.1) is 12.3 Å². The van der Waals surface area contributed by atoms with Gasteiger partial charge in [0.1, 0.15) is 10.8 Å². The van der Waals surface area contributed by atoms with Crippen molar-refractivity contribution in [1.82, 2.24) is 14.5 Å². The Hall–Kier alpha value is -1.82. The number of aromatic nitrogens is 3. The first-order valence-electron chi connectivity index (χ1n) is 4.38. The van der Waals surface area contributed by atoms with Crippen molar-refractivity contribution < 1.29 is 0 Å². The molecule has 1 aliphatic heterocycles. The molecule has 0 aliphatic carbocycles. The van der Waals surface area contributed by atoms with Crippen LogP contribution in [0.4, 0.5) is 5.82 Å². The van der Waals surface area contributed by atoms with Gasteiger partial charge in [0.2, 0.25) is 0 Å². The van der Waals surface area contributed by atoms with Gasteiger partial charge < -0.3 is 0 Å². The van der Waals surface area contributed by atoms with Crippen LogP contribution in [0.3, 0.4) is 0 Å². The van der Waals surface area contributed by atoms with E-state index in [0.29, 0.717) is 12.4 Å². The van der Waals surface area contributed by atoms with Gasteiger partial charge >= 0.3 is 5.69 Å². The molecule has 0 saturated carbocycles. The molecule has 6 heteroatoms. The summed E-state index contributed by atoms with van der Waals surface area (Å²) >= 11 is 1.52. The highest BCUT2D eigenvalue weighted by molar-refractivity contribution is 7.11. The molecule has 3 heterocycles. The summed E-state index contributed by atoms with van der Waals surface area (Å²) in [5.41, 5.74) is 0.568. The van der Waals surface area contributed by atoms with Gasteiger partial charge in [-0.15, -0.1) is 11.3 Å². The molecule has 0 fully saturated rings. The predicted molar refractivity (Wildman–Crippen MR) is 56.8 cm³/mol. The molecule has 2 aromatic rings. The summed E-state index contributed by atoms with van der Waals surface area (Å²) in [5.74, 6) is 0.653. The van der Waals surface area contributed by atoms with Crippen LogP contribution in [0.5, 0.6) is 0 Å². The van der Waals surface area contributed by atoms with Crippen LogP contribution in [0.1, 0.15) is 5.01 Å². The Balaban J connectivity index is 2.09. The third kappa shape index (κ3) is 1.30. The first-order valence-corrected chi connectivity index (χ1v) is 5.26. The van der Waals surface area contributed by atoms with Gasteiger partial charge in [0.15, 0.2) is 0 Å². The van der Waals surface area contributed by atoms with Gasteiger partial charge in [-0.25, -0.2) is 19.8 Å². The zero-order valence-corrected chi connectivity index (χ0v) is 8.44. The van der Waals surface area contributed by atoms with Gasteiger partial charge in [-0.1, -0.05) is 0 Å². The third-order valence-electron chi connectivity index (χ3n) is 2.15. The number of hydrogen-bond acceptors (Lipinski definition) is 5. The minimum Gasteiger partial charge on any atom is -0.270 e. The van der Waals surface area contributed by atoms with Crippen molar-refractivity contribution in [3.8, 4) is 0 Å². The first kappa shape index (κ1) is 8.49. The van der Waals surface area contributed by atoms with Gasteiger partial charge in [-0.2, -0.15) is 0 Å². The number of hydrogen-bond donors (Lipinski definition) is 0. The minimum absolute atomic E-state index is 0.261. The summed E-state index contributed by atoms with van der Waals surface area (Å²) in [6.45, 7) is 0.468. The van der Waals surface area contributed by atoms with Gasteiger partial charge in [-0.05, 0) is 6.07 Å². The van der Waals surface area contributed by atoms with Crippen LogP contribution in [0.25, 0.3) is 0 Å². The van der Waals surface area contributed by atoms with Crippen molar-refractivity contribution in [2.45, 2.75) is 6.54 Å². The van der Waals surface area contributed by atoms with Crippen molar-refractivity contribution in [3.05, 3.63) is 39.3 Å². The third-order valence-corrected chi connectivity index (χ3v) is 2.97. The molecule has 0 amide bonds. The maximum atomic E-state index is 11.4. The van der Waals surface area contributed by atoms with Crippen LogP contribution < -0.4 is 5.69 Å². The monoisotopic (exact) mass is 218 g/mol. The van der Waals surface area contributed by atoms with Gasteiger partial charge in [0.25, 0.3) is 0 Å². The second-order valence-corrected chi connectivity index (χ2v) is 3.96. The van der Waals surface area contributed by atoms with E-state index in [-0.39, 0.29) is 5.69 Å². The van der Waals surface area contributed by atoms with Crippen LogP contribution in [0, 0.1) is 0 Å². The topological polar surface area (TPSA) is 60.1 Å². The fourth-order valence-corrected chi connectivity index (χ4v) is 2.09. The highest BCUT2D eigenvalue weighted by atomic mass is 32.1. The van der Waals surface area contributed by atoms with E-state index in [1.165, 1.54) is 22.1 Å². The highest BCUT2D eigenvalue weighted by Gasteiger charge is 2.17. The molecule has 74 valence electrons. The standard InChI is InChI=1S/C9H6N4OS/c14-9-11-2-1-7-12-6(5-13(7)9)8-10-3-4-15-8/h1-4H,5H2. The predicted octanol–water partition coefficient (Wildman–Crippen LogP) is 0.834. The molecule has 1 aliphatic rings. The molecule has 2 aromatic heterocycles. The highest BCUT2D eigenvalue weighted by Crippen LogP contribution is 2.20. The quantitative estimate of drug-likeness (QED) is 0.712. The molecule has 0 aromatic carbocycles. The molecule has 0 unspecified atom stereocenters. The van der Waals surface area contributed by atoms with Crippen molar-refractivity contribution >= 4 is 22.9 Å². The van der Waals surface area contributed by atoms with E-state index in [9.17, 15) is 4.79 Å². The largest absolute Gasteiger partial charge is 0.349 e. The van der Waals surface area contributed by atoms with Crippen LogP contribution in [0.15, 0.2) is 33.6 Å². The van der Waals surface area contributed by atoms with E-state index in [2.05, 4.69) is 15.0 Å². The van der Waals surface area contributed by atoms with E-state index in [0.717, 1.165) is 10.7 Å². The first-order chi connectivity index (χ1) is 7.34. The van der Waals surface area contributed by atoms with E-state index >= 15 is 0 Å². The number of fused-ring (bicyclic) bond motifs is 1. The molecular weight excluding hydrogens is 212 g/mol. The van der Waals surface area contributed by atoms with E-state index in [1.54, 1.807) is 12.3 Å². The van der Waals surface area contributed by atoms with Gasteiger partial charge in [-0.3, -0.25) is 4.57 Å². The average molecular weight is 218 g/mol. The molecule has 0 N–H and O–H groups in total. The van der Waals surface area contributed by atoms with Crippen molar-refractivity contribution in [2.75, 3.05) is 0 Å². The summed E-state index contributed by atoms with van der Waals surface area (Å²) in [6, 6.07) is 1.72. The Bertz CT molecular complexity index is 584. The zero-order chi connectivity index (χ0) is 10.3. The maximum Gasteiger partial charge on any atom is 0.349 e. The normalized spacial score (nSPS) is 13.7. The SMILES string of the molecule is O=c1nccc2n1CC(c1nccs1)=N2. The fourth-order valence-electron chi connectivity index (χ4n) is 1.48. The lowest BCUT2D eigenvalue weighted by Gasteiger charge is -1.97. The Kier molecular flexibility index (Phi) is 1.75. The maximum absolute atomic E-state index is 11.4. The second kappa shape index (κ2) is 3.09. The number of thiazole rings is 1. The van der Waals surface area contributed by atoms with E-state index in [4.69, 9.17) is 0 Å². The Labute approximate surface area is 88.8 Å². The minimum atomic E-state index is -0.261.